The summed E-state index contributed by atoms with van der Waals surface area (Å²) in [6, 6.07) is 1.77. The lowest BCUT2D eigenvalue weighted by Gasteiger charge is -2.30. The number of hydrogen-bond acceptors (Lipinski definition) is 4. The number of piperidine rings is 1. The average Bonchev–Trinajstić information content (AvgIpc) is 2.72. The van der Waals surface area contributed by atoms with Crippen LogP contribution in [0.2, 0.25) is 0 Å². The third kappa shape index (κ3) is 1.90. The maximum absolute atomic E-state index is 11.9. The molecule has 1 unspecified atom stereocenters. The molecule has 3 rings (SSSR count). The van der Waals surface area contributed by atoms with Crippen LogP contribution in [-0.4, -0.2) is 29.4 Å². The molecule has 1 aromatic heterocycles. The first-order valence-electron chi connectivity index (χ1n) is 5.90. The standard InChI is InChI=1S/C12H12BrN3O2/c13-8-5-7-3-4-16(11(7)14-6-8)9-1-2-10(17)15-12(9)18/h5-6,9H,1-4H2,(H,15,17,18). The van der Waals surface area contributed by atoms with Gasteiger partial charge < -0.3 is 4.90 Å². The van der Waals surface area contributed by atoms with E-state index in [0.717, 1.165) is 28.8 Å². The summed E-state index contributed by atoms with van der Waals surface area (Å²) in [6.45, 7) is 0.783. The Labute approximate surface area is 113 Å². The SMILES string of the molecule is O=C1CCC(N2CCc3cc(Br)cnc32)C(=O)N1. The fourth-order valence-electron chi connectivity index (χ4n) is 2.55. The summed E-state index contributed by atoms with van der Waals surface area (Å²) in [5.41, 5.74) is 1.15. The Morgan fingerprint density at radius 1 is 1.39 bits per heavy atom. The number of nitrogens with one attached hydrogen (secondary N) is 1. The molecule has 1 N–H and O–H groups in total. The first-order valence-corrected chi connectivity index (χ1v) is 6.69. The van der Waals surface area contributed by atoms with E-state index in [9.17, 15) is 9.59 Å². The van der Waals surface area contributed by atoms with Gasteiger partial charge in [-0.15, -0.1) is 0 Å². The van der Waals surface area contributed by atoms with E-state index in [1.807, 2.05) is 11.0 Å². The van der Waals surface area contributed by atoms with Crippen molar-refractivity contribution in [3.63, 3.8) is 0 Å². The smallest absolute Gasteiger partial charge is 0.249 e. The summed E-state index contributed by atoms with van der Waals surface area (Å²) < 4.78 is 0.950. The van der Waals surface area contributed by atoms with E-state index in [1.54, 1.807) is 6.20 Å². The van der Waals surface area contributed by atoms with Gasteiger partial charge >= 0.3 is 0 Å². The van der Waals surface area contributed by atoms with Crippen LogP contribution in [0, 0.1) is 0 Å². The van der Waals surface area contributed by atoms with Crippen LogP contribution < -0.4 is 10.2 Å². The molecular weight excluding hydrogens is 298 g/mol. The van der Waals surface area contributed by atoms with Gasteiger partial charge in [-0.25, -0.2) is 4.98 Å². The number of imide groups is 1. The van der Waals surface area contributed by atoms with Crippen molar-refractivity contribution < 1.29 is 9.59 Å². The van der Waals surface area contributed by atoms with E-state index >= 15 is 0 Å². The summed E-state index contributed by atoms with van der Waals surface area (Å²) in [6.07, 6.45) is 3.60. The highest BCUT2D eigenvalue weighted by Gasteiger charge is 2.35. The monoisotopic (exact) mass is 309 g/mol. The number of carbonyl (C=O) groups is 2. The van der Waals surface area contributed by atoms with E-state index in [0.29, 0.717) is 12.8 Å². The number of halogens is 1. The van der Waals surface area contributed by atoms with Gasteiger partial charge in [0.2, 0.25) is 11.8 Å². The molecule has 1 saturated heterocycles. The molecule has 2 aliphatic rings. The molecule has 0 aliphatic carbocycles. The number of aromatic nitrogens is 1. The Hall–Kier alpha value is -1.43. The number of hydrogen-bond donors (Lipinski definition) is 1. The van der Waals surface area contributed by atoms with Crippen LogP contribution >= 0.6 is 15.9 Å². The zero-order chi connectivity index (χ0) is 12.7. The van der Waals surface area contributed by atoms with Crippen molar-refractivity contribution in [2.24, 2.45) is 0 Å². The second-order valence-electron chi connectivity index (χ2n) is 4.55. The van der Waals surface area contributed by atoms with Crippen molar-refractivity contribution in [3.8, 4) is 0 Å². The van der Waals surface area contributed by atoms with Gasteiger partial charge in [-0.05, 0) is 40.4 Å². The highest BCUT2D eigenvalue weighted by molar-refractivity contribution is 9.10. The van der Waals surface area contributed by atoms with Gasteiger partial charge in [0.25, 0.3) is 0 Å². The van der Waals surface area contributed by atoms with Crippen LogP contribution in [0.4, 0.5) is 5.82 Å². The molecule has 1 fully saturated rings. The summed E-state index contributed by atoms with van der Waals surface area (Å²) in [7, 11) is 0. The van der Waals surface area contributed by atoms with Gasteiger partial charge in [-0.3, -0.25) is 14.9 Å². The van der Waals surface area contributed by atoms with Crippen molar-refractivity contribution in [2.45, 2.75) is 25.3 Å². The Bertz CT molecular complexity index is 532. The van der Waals surface area contributed by atoms with E-state index in [1.165, 1.54) is 0 Å². The lowest BCUT2D eigenvalue weighted by atomic mass is 10.0. The number of carbonyl (C=O) groups excluding carboxylic acids is 2. The minimum absolute atomic E-state index is 0.181. The Morgan fingerprint density at radius 2 is 2.22 bits per heavy atom. The highest BCUT2D eigenvalue weighted by atomic mass is 79.9. The predicted molar refractivity (Wildman–Crippen MR) is 69.2 cm³/mol. The molecule has 0 spiro atoms. The second kappa shape index (κ2) is 4.35. The molecule has 6 heteroatoms. The molecular formula is C12H12BrN3O2. The summed E-state index contributed by atoms with van der Waals surface area (Å²) >= 11 is 3.40. The number of pyridine rings is 1. The lowest BCUT2D eigenvalue weighted by Crippen LogP contribution is -2.52. The van der Waals surface area contributed by atoms with Crippen LogP contribution in [0.3, 0.4) is 0 Å². The van der Waals surface area contributed by atoms with E-state index in [-0.39, 0.29) is 17.9 Å². The molecule has 0 saturated carbocycles. The fraction of sp³-hybridized carbons (Fsp3) is 0.417. The lowest BCUT2D eigenvalue weighted by molar-refractivity contribution is -0.134. The molecule has 2 aliphatic heterocycles. The summed E-state index contributed by atoms with van der Waals surface area (Å²) in [5, 5.41) is 2.39. The van der Waals surface area contributed by atoms with Gasteiger partial charge in [0.15, 0.2) is 0 Å². The number of nitrogens with zero attached hydrogens (tertiary/aromatic N) is 2. The van der Waals surface area contributed by atoms with Gasteiger partial charge in [0.05, 0.1) is 0 Å². The van der Waals surface area contributed by atoms with Crippen molar-refractivity contribution in [1.82, 2.24) is 10.3 Å². The van der Waals surface area contributed by atoms with Gasteiger partial charge in [0.1, 0.15) is 11.9 Å². The first kappa shape index (κ1) is 11.6. The first-order chi connectivity index (χ1) is 8.65. The molecule has 1 atom stereocenters. The number of fused-ring (bicyclic) bond motifs is 1. The molecule has 2 amide bonds. The quantitative estimate of drug-likeness (QED) is 0.787. The zero-order valence-electron chi connectivity index (χ0n) is 9.65. The van der Waals surface area contributed by atoms with E-state index < -0.39 is 0 Å². The van der Waals surface area contributed by atoms with Crippen LogP contribution in [0.1, 0.15) is 18.4 Å². The number of amides is 2. The third-order valence-corrected chi connectivity index (χ3v) is 3.82. The topological polar surface area (TPSA) is 62.3 Å². The van der Waals surface area contributed by atoms with Crippen molar-refractivity contribution >= 4 is 33.6 Å². The van der Waals surface area contributed by atoms with Crippen LogP contribution in [-0.2, 0) is 16.0 Å². The number of anilines is 1. The summed E-state index contributed by atoms with van der Waals surface area (Å²) in [5.74, 6) is 0.482. The summed E-state index contributed by atoms with van der Waals surface area (Å²) in [4.78, 5) is 29.4. The minimum Gasteiger partial charge on any atom is -0.344 e. The van der Waals surface area contributed by atoms with Crippen molar-refractivity contribution in [2.75, 3.05) is 11.4 Å². The molecule has 1 aromatic rings. The normalized spacial score (nSPS) is 22.9. The minimum atomic E-state index is -0.266. The van der Waals surface area contributed by atoms with E-state index in [4.69, 9.17) is 0 Å². The van der Waals surface area contributed by atoms with E-state index in [2.05, 4.69) is 26.2 Å². The molecule has 5 nitrogen and oxygen atoms in total. The third-order valence-electron chi connectivity index (χ3n) is 3.39. The Kier molecular flexibility index (Phi) is 2.81. The molecule has 3 heterocycles. The van der Waals surface area contributed by atoms with Crippen molar-refractivity contribution in [3.05, 3.63) is 22.3 Å². The van der Waals surface area contributed by atoms with Crippen LogP contribution in [0.5, 0.6) is 0 Å². The average molecular weight is 310 g/mol. The molecule has 0 bridgehead atoms. The molecule has 18 heavy (non-hydrogen) atoms. The fourth-order valence-corrected chi connectivity index (χ4v) is 2.93. The number of rotatable bonds is 1. The molecule has 0 radical (unpaired) electrons. The predicted octanol–water partition coefficient (Wildman–Crippen LogP) is 1.01. The maximum atomic E-state index is 11.9. The Morgan fingerprint density at radius 3 is 3.00 bits per heavy atom. The van der Waals surface area contributed by atoms with Crippen molar-refractivity contribution in [1.29, 1.82) is 0 Å². The zero-order valence-corrected chi connectivity index (χ0v) is 11.2. The van der Waals surface area contributed by atoms with Crippen LogP contribution in [0.15, 0.2) is 16.7 Å². The van der Waals surface area contributed by atoms with Gasteiger partial charge in [-0.1, -0.05) is 0 Å². The highest BCUT2D eigenvalue weighted by Crippen LogP contribution is 2.31. The largest absolute Gasteiger partial charge is 0.344 e. The maximum Gasteiger partial charge on any atom is 0.249 e. The molecule has 0 aromatic carbocycles. The van der Waals surface area contributed by atoms with Gasteiger partial charge in [-0.2, -0.15) is 0 Å². The van der Waals surface area contributed by atoms with Gasteiger partial charge in [0, 0.05) is 23.6 Å². The van der Waals surface area contributed by atoms with Crippen LogP contribution in [0.25, 0.3) is 0 Å². The Balaban J connectivity index is 1.88. The second-order valence-corrected chi connectivity index (χ2v) is 5.46. The molecule has 94 valence electrons.